The molecule has 1 amide bonds. The summed E-state index contributed by atoms with van der Waals surface area (Å²) in [5, 5.41) is 8.81. The SMILES string of the molecule is O=C(Nc1cccc(C(F)(F)F)c1)c1ccccc1NCC1=CNCC=C1. The highest BCUT2D eigenvalue weighted by molar-refractivity contribution is 6.08. The van der Waals surface area contributed by atoms with Crippen molar-refractivity contribution in [3.8, 4) is 0 Å². The van der Waals surface area contributed by atoms with E-state index in [1.54, 1.807) is 24.3 Å². The molecule has 27 heavy (non-hydrogen) atoms. The minimum Gasteiger partial charge on any atom is -0.387 e. The minimum atomic E-state index is -4.46. The van der Waals surface area contributed by atoms with Gasteiger partial charge in [-0.15, -0.1) is 0 Å². The Bertz CT molecular complexity index is 888. The Labute approximate surface area is 154 Å². The van der Waals surface area contributed by atoms with E-state index in [4.69, 9.17) is 0 Å². The molecule has 0 aliphatic carbocycles. The van der Waals surface area contributed by atoms with E-state index in [0.717, 1.165) is 24.3 Å². The molecular formula is C20H18F3N3O. The number of alkyl halides is 3. The zero-order chi connectivity index (χ0) is 19.3. The second-order valence-corrected chi connectivity index (χ2v) is 5.96. The van der Waals surface area contributed by atoms with E-state index in [1.807, 2.05) is 18.4 Å². The third-order valence-corrected chi connectivity index (χ3v) is 3.96. The maximum atomic E-state index is 12.8. The molecule has 3 rings (SSSR count). The van der Waals surface area contributed by atoms with Gasteiger partial charge in [0.1, 0.15) is 0 Å². The van der Waals surface area contributed by atoms with Gasteiger partial charge in [0.05, 0.1) is 11.1 Å². The Morgan fingerprint density at radius 3 is 2.67 bits per heavy atom. The van der Waals surface area contributed by atoms with E-state index in [1.165, 1.54) is 12.1 Å². The summed E-state index contributed by atoms with van der Waals surface area (Å²) in [6.07, 6.45) is 1.39. The van der Waals surface area contributed by atoms with Gasteiger partial charge in [0, 0.05) is 30.7 Å². The summed E-state index contributed by atoms with van der Waals surface area (Å²) in [4.78, 5) is 12.6. The van der Waals surface area contributed by atoms with Crippen molar-refractivity contribution in [3.63, 3.8) is 0 Å². The van der Waals surface area contributed by atoms with E-state index in [0.29, 0.717) is 17.8 Å². The third kappa shape index (κ3) is 4.91. The highest BCUT2D eigenvalue weighted by atomic mass is 19.4. The van der Waals surface area contributed by atoms with E-state index >= 15 is 0 Å². The Morgan fingerprint density at radius 2 is 1.93 bits per heavy atom. The molecule has 0 atom stereocenters. The maximum Gasteiger partial charge on any atom is 0.416 e. The Balaban J connectivity index is 1.73. The van der Waals surface area contributed by atoms with E-state index < -0.39 is 17.6 Å². The summed E-state index contributed by atoms with van der Waals surface area (Å²) < 4.78 is 38.5. The van der Waals surface area contributed by atoms with Crippen LogP contribution in [0, 0.1) is 0 Å². The Hall–Kier alpha value is -3.22. The first-order valence-electron chi connectivity index (χ1n) is 8.34. The van der Waals surface area contributed by atoms with E-state index in [2.05, 4.69) is 16.0 Å². The molecule has 0 radical (unpaired) electrons. The predicted octanol–water partition coefficient (Wildman–Crippen LogP) is 4.41. The fourth-order valence-electron chi connectivity index (χ4n) is 2.63. The van der Waals surface area contributed by atoms with Gasteiger partial charge in [-0.25, -0.2) is 0 Å². The fourth-order valence-corrected chi connectivity index (χ4v) is 2.63. The molecule has 0 spiro atoms. The third-order valence-electron chi connectivity index (χ3n) is 3.96. The number of benzene rings is 2. The molecule has 1 aliphatic rings. The van der Waals surface area contributed by atoms with Crippen LogP contribution in [0.15, 0.2) is 72.5 Å². The van der Waals surface area contributed by atoms with Crippen molar-refractivity contribution in [2.45, 2.75) is 6.18 Å². The zero-order valence-electron chi connectivity index (χ0n) is 14.3. The maximum absolute atomic E-state index is 12.8. The summed E-state index contributed by atoms with van der Waals surface area (Å²) in [7, 11) is 0. The second-order valence-electron chi connectivity index (χ2n) is 5.96. The molecule has 0 bridgehead atoms. The van der Waals surface area contributed by atoms with Crippen LogP contribution in [-0.2, 0) is 6.18 Å². The van der Waals surface area contributed by atoms with Gasteiger partial charge < -0.3 is 16.0 Å². The lowest BCUT2D eigenvalue weighted by Gasteiger charge is -2.15. The predicted molar refractivity (Wildman–Crippen MR) is 99.6 cm³/mol. The van der Waals surface area contributed by atoms with Gasteiger partial charge in [-0.3, -0.25) is 4.79 Å². The van der Waals surface area contributed by atoms with Gasteiger partial charge in [0.25, 0.3) is 5.91 Å². The van der Waals surface area contributed by atoms with Crippen molar-refractivity contribution in [2.24, 2.45) is 0 Å². The topological polar surface area (TPSA) is 53.2 Å². The highest BCUT2D eigenvalue weighted by Gasteiger charge is 2.30. The van der Waals surface area contributed by atoms with Gasteiger partial charge in [0.2, 0.25) is 0 Å². The first-order valence-corrected chi connectivity index (χ1v) is 8.34. The second kappa shape index (κ2) is 7.99. The van der Waals surface area contributed by atoms with Gasteiger partial charge in [-0.05, 0) is 35.9 Å². The normalized spacial score (nSPS) is 13.5. The van der Waals surface area contributed by atoms with Crippen molar-refractivity contribution < 1.29 is 18.0 Å². The number of nitrogens with one attached hydrogen (secondary N) is 3. The van der Waals surface area contributed by atoms with Crippen LogP contribution in [-0.4, -0.2) is 19.0 Å². The number of hydrogen-bond acceptors (Lipinski definition) is 3. The molecule has 1 heterocycles. The van der Waals surface area contributed by atoms with Gasteiger partial charge in [-0.1, -0.05) is 30.4 Å². The lowest BCUT2D eigenvalue weighted by atomic mass is 10.1. The van der Waals surface area contributed by atoms with Crippen LogP contribution in [0.25, 0.3) is 0 Å². The van der Waals surface area contributed by atoms with Crippen molar-refractivity contribution in [1.82, 2.24) is 5.32 Å². The molecular weight excluding hydrogens is 355 g/mol. The number of carbonyl (C=O) groups excluding carboxylic acids is 1. The Morgan fingerprint density at radius 1 is 1.11 bits per heavy atom. The number of rotatable bonds is 5. The summed E-state index contributed by atoms with van der Waals surface area (Å²) in [5.41, 5.74) is 1.25. The van der Waals surface area contributed by atoms with Gasteiger partial charge >= 0.3 is 6.18 Å². The van der Waals surface area contributed by atoms with Crippen LogP contribution < -0.4 is 16.0 Å². The number of anilines is 2. The van der Waals surface area contributed by atoms with Crippen LogP contribution in [0.4, 0.5) is 24.5 Å². The summed E-state index contributed by atoms with van der Waals surface area (Å²) in [6, 6.07) is 11.4. The summed E-state index contributed by atoms with van der Waals surface area (Å²) in [5.74, 6) is -0.483. The average molecular weight is 373 g/mol. The van der Waals surface area contributed by atoms with Crippen LogP contribution in [0.1, 0.15) is 15.9 Å². The molecule has 2 aromatic carbocycles. The monoisotopic (exact) mass is 373 g/mol. The van der Waals surface area contributed by atoms with Crippen LogP contribution in [0.2, 0.25) is 0 Å². The standard InChI is InChI=1S/C20H18F3N3O/c21-20(22,23)15-6-3-7-16(11-15)26-19(27)17-8-1-2-9-18(17)25-13-14-5-4-10-24-12-14/h1-9,11-12,24-25H,10,13H2,(H,26,27). The lowest BCUT2D eigenvalue weighted by molar-refractivity contribution is -0.137. The van der Waals surface area contributed by atoms with Crippen molar-refractivity contribution in [1.29, 1.82) is 0 Å². The number of halogens is 3. The number of carbonyl (C=O) groups is 1. The van der Waals surface area contributed by atoms with Gasteiger partial charge in [0.15, 0.2) is 0 Å². The Kier molecular flexibility index (Phi) is 5.49. The molecule has 140 valence electrons. The van der Waals surface area contributed by atoms with Crippen molar-refractivity contribution in [3.05, 3.63) is 83.6 Å². The number of para-hydroxylation sites is 1. The van der Waals surface area contributed by atoms with Gasteiger partial charge in [-0.2, -0.15) is 13.2 Å². The molecule has 0 saturated carbocycles. The minimum absolute atomic E-state index is 0.0896. The number of hydrogen-bond donors (Lipinski definition) is 3. The highest BCUT2D eigenvalue weighted by Crippen LogP contribution is 2.31. The fraction of sp³-hybridized carbons (Fsp3) is 0.150. The molecule has 3 N–H and O–H groups in total. The zero-order valence-corrected chi connectivity index (χ0v) is 14.3. The molecule has 0 unspecified atom stereocenters. The largest absolute Gasteiger partial charge is 0.416 e. The molecule has 0 saturated heterocycles. The molecule has 1 aliphatic heterocycles. The molecule has 2 aromatic rings. The van der Waals surface area contributed by atoms with E-state index in [-0.39, 0.29) is 5.69 Å². The summed E-state index contributed by atoms with van der Waals surface area (Å²) >= 11 is 0. The quantitative estimate of drug-likeness (QED) is 0.728. The van der Waals surface area contributed by atoms with Crippen LogP contribution in [0.3, 0.4) is 0 Å². The molecule has 7 heteroatoms. The van der Waals surface area contributed by atoms with Crippen LogP contribution in [0.5, 0.6) is 0 Å². The molecule has 0 aromatic heterocycles. The number of dihydropyridines is 1. The molecule has 0 fully saturated rings. The smallest absolute Gasteiger partial charge is 0.387 e. The van der Waals surface area contributed by atoms with E-state index in [9.17, 15) is 18.0 Å². The lowest BCUT2D eigenvalue weighted by Crippen LogP contribution is -2.17. The first kappa shape index (κ1) is 18.6. The number of amides is 1. The van der Waals surface area contributed by atoms with Crippen molar-refractivity contribution in [2.75, 3.05) is 23.7 Å². The van der Waals surface area contributed by atoms with Crippen LogP contribution >= 0.6 is 0 Å². The summed E-state index contributed by atoms with van der Waals surface area (Å²) in [6.45, 7) is 1.29. The molecule has 4 nitrogen and oxygen atoms in total. The first-order chi connectivity index (χ1) is 12.9. The van der Waals surface area contributed by atoms with Crippen molar-refractivity contribution >= 4 is 17.3 Å². The average Bonchev–Trinajstić information content (AvgIpc) is 2.67.